The molecular formula is C15H15N3O6S. The molecule has 2 rings (SSSR count). The molecule has 0 saturated heterocycles. The van der Waals surface area contributed by atoms with E-state index in [0.29, 0.717) is 5.69 Å². The first kappa shape index (κ1) is 18.4. The minimum absolute atomic E-state index is 0.0280. The Hall–Kier alpha value is -2.98. The van der Waals surface area contributed by atoms with Crippen LogP contribution in [0.1, 0.15) is 6.92 Å². The highest BCUT2D eigenvalue weighted by atomic mass is 32.2. The van der Waals surface area contributed by atoms with Gasteiger partial charge in [-0.3, -0.25) is 14.9 Å². The number of nitro benzene ring substituents is 1. The number of primary sulfonamides is 1. The van der Waals surface area contributed by atoms with Crippen molar-refractivity contribution in [3.05, 3.63) is 58.6 Å². The Labute approximate surface area is 143 Å². The van der Waals surface area contributed by atoms with Crippen LogP contribution in [0.25, 0.3) is 0 Å². The van der Waals surface area contributed by atoms with E-state index >= 15 is 0 Å². The Morgan fingerprint density at radius 2 is 1.80 bits per heavy atom. The zero-order valence-corrected chi connectivity index (χ0v) is 13.9. The van der Waals surface area contributed by atoms with Crippen LogP contribution in [-0.4, -0.2) is 25.4 Å². The number of nitrogens with two attached hydrogens (primary N) is 1. The molecule has 0 spiro atoms. The summed E-state index contributed by atoms with van der Waals surface area (Å²) in [5.41, 5.74) is 0.0788. The van der Waals surface area contributed by atoms with Gasteiger partial charge >= 0.3 is 5.69 Å². The lowest BCUT2D eigenvalue weighted by molar-refractivity contribution is -0.386. The summed E-state index contributed by atoms with van der Waals surface area (Å²) >= 11 is 0. The van der Waals surface area contributed by atoms with Crippen molar-refractivity contribution in [2.24, 2.45) is 5.14 Å². The van der Waals surface area contributed by atoms with Crippen LogP contribution in [-0.2, 0) is 14.8 Å². The number of amides is 1. The lowest BCUT2D eigenvalue weighted by Gasteiger charge is -2.14. The highest BCUT2D eigenvalue weighted by Gasteiger charge is 2.20. The van der Waals surface area contributed by atoms with E-state index in [-0.39, 0.29) is 16.3 Å². The number of benzene rings is 2. The number of nitrogens with one attached hydrogen (secondary N) is 1. The average Bonchev–Trinajstić information content (AvgIpc) is 2.54. The summed E-state index contributed by atoms with van der Waals surface area (Å²) in [6, 6.07) is 10.9. The lowest BCUT2D eigenvalue weighted by atomic mass is 10.2. The van der Waals surface area contributed by atoms with Crippen molar-refractivity contribution in [3.63, 3.8) is 0 Å². The van der Waals surface area contributed by atoms with E-state index in [1.165, 1.54) is 49.4 Å². The highest BCUT2D eigenvalue weighted by molar-refractivity contribution is 7.89. The summed E-state index contributed by atoms with van der Waals surface area (Å²) < 4.78 is 27.7. The molecule has 3 N–H and O–H groups in total. The summed E-state index contributed by atoms with van der Waals surface area (Å²) in [5, 5.41) is 18.5. The summed E-state index contributed by atoms with van der Waals surface area (Å²) in [7, 11) is -3.82. The van der Waals surface area contributed by atoms with Crippen LogP contribution in [0, 0.1) is 10.1 Å². The number of carbonyl (C=O) groups is 1. The molecule has 2 aromatic rings. The molecule has 0 aliphatic rings. The van der Waals surface area contributed by atoms with Gasteiger partial charge in [0, 0.05) is 11.8 Å². The molecule has 132 valence electrons. The molecule has 0 aromatic heterocycles. The molecule has 0 unspecified atom stereocenters. The minimum Gasteiger partial charge on any atom is -0.474 e. The molecule has 2 aromatic carbocycles. The Morgan fingerprint density at radius 1 is 1.20 bits per heavy atom. The summed E-state index contributed by atoms with van der Waals surface area (Å²) in [6.07, 6.45) is -1.01. The molecule has 1 atom stereocenters. The maximum Gasteiger partial charge on any atom is 0.310 e. The molecular weight excluding hydrogens is 350 g/mol. The summed E-state index contributed by atoms with van der Waals surface area (Å²) in [6.45, 7) is 1.44. The van der Waals surface area contributed by atoms with Crippen LogP contribution in [0.15, 0.2) is 53.4 Å². The maximum atomic E-state index is 12.1. The minimum atomic E-state index is -3.82. The second-order valence-electron chi connectivity index (χ2n) is 5.04. The van der Waals surface area contributed by atoms with Crippen molar-refractivity contribution < 1.29 is 22.9 Å². The largest absolute Gasteiger partial charge is 0.474 e. The van der Waals surface area contributed by atoms with Gasteiger partial charge in [-0.25, -0.2) is 13.6 Å². The molecule has 0 radical (unpaired) electrons. The van der Waals surface area contributed by atoms with E-state index in [1.807, 2.05) is 0 Å². The monoisotopic (exact) mass is 365 g/mol. The number of para-hydroxylation sites is 2. The molecule has 0 heterocycles. The maximum absolute atomic E-state index is 12.1. The number of hydrogen-bond donors (Lipinski definition) is 2. The first-order valence-corrected chi connectivity index (χ1v) is 8.57. The van der Waals surface area contributed by atoms with Crippen LogP contribution in [0.2, 0.25) is 0 Å². The zero-order chi connectivity index (χ0) is 18.6. The number of rotatable bonds is 6. The van der Waals surface area contributed by atoms with Crippen molar-refractivity contribution in [3.8, 4) is 5.75 Å². The van der Waals surface area contributed by atoms with E-state index in [4.69, 9.17) is 9.88 Å². The number of carbonyl (C=O) groups excluding carboxylic acids is 1. The quantitative estimate of drug-likeness (QED) is 0.589. The molecule has 0 bridgehead atoms. The van der Waals surface area contributed by atoms with E-state index in [1.54, 1.807) is 6.07 Å². The predicted octanol–water partition coefficient (Wildman–Crippen LogP) is 1.65. The topological polar surface area (TPSA) is 142 Å². The van der Waals surface area contributed by atoms with Crippen molar-refractivity contribution in [1.82, 2.24) is 0 Å². The number of sulfonamides is 1. The number of hydrogen-bond acceptors (Lipinski definition) is 6. The van der Waals surface area contributed by atoms with Gasteiger partial charge in [0.1, 0.15) is 0 Å². The lowest BCUT2D eigenvalue weighted by Crippen LogP contribution is -2.30. The number of nitrogens with zero attached hydrogens (tertiary/aromatic N) is 1. The number of nitro groups is 1. The molecule has 0 aliphatic carbocycles. The van der Waals surface area contributed by atoms with Gasteiger partial charge in [0.15, 0.2) is 11.9 Å². The first-order valence-electron chi connectivity index (χ1n) is 7.02. The average molecular weight is 365 g/mol. The fourth-order valence-electron chi connectivity index (χ4n) is 1.92. The Bertz CT molecular complexity index is 896. The molecule has 1 amide bonds. The van der Waals surface area contributed by atoms with E-state index in [9.17, 15) is 23.3 Å². The van der Waals surface area contributed by atoms with Gasteiger partial charge in [0.25, 0.3) is 5.91 Å². The van der Waals surface area contributed by atoms with E-state index in [2.05, 4.69) is 5.32 Å². The van der Waals surface area contributed by atoms with Crippen molar-refractivity contribution in [2.75, 3.05) is 5.32 Å². The van der Waals surface area contributed by atoms with Crippen molar-refractivity contribution >= 4 is 27.3 Å². The second kappa shape index (κ2) is 7.28. The zero-order valence-electron chi connectivity index (χ0n) is 13.1. The van der Waals surface area contributed by atoms with Gasteiger partial charge in [0.2, 0.25) is 10.0 Å². The summed E-state index contributed by atoms with van der Waals surface area (Å²) in [5.74, 6) is -0.582. The van der Waals surface area contributed by atoms with Crippen LogP contribution >= 0.6 is 0 Å². The highest BCUT2D eigenvalue weighted by Crippen LogP contribution is 2.27. The van der Waals surface area contributed by atoms with Gasteiger partial charge in [-0.05, 0) is 37.3 Å². The fourth-order valence-corrected chi connectivity index (χ4v) is 2.44. The second-order valence-corrected chi connectivity index (χ2v) is 6.60. The Kier molecular flexibility index (Phi) is 5.35. The van der Waals surface area contributed by atoms with Gasteiger partial charge in [0.05, 0.1) is 9.82 Å². The summed E-state index contributed by atoms with van der Waals surface area (Å²) in [4.78, 5) is 22.4. The first-order chi connectivity index (χ1) is 11.7. The third kappa shape index (κ3) is 4.75. The van der Waals surface area contributed by atoms with Gasteiger partial charge < -0.3 is 10.1 Å². The molecule has 9 nitrogen and oxygen atoms in total. The number of anilines is 1. The normalized spacial score (nSPS) is 12.2. The molecule has 0 aliphatic heterocycles. The Balaban J connectivity index is 2.07. The van der Waals surface area contributed by atoms with Crippen LogP contribution in [0.5, 0.6) is 5.75 Å². The molecule has 0 saturated carbocycles. The number of ether oxygens (including phenoxy) is 1. The standard InChI is InChI=1S/C15H15N3O6S/c1-10(24-14-5-3-2-4-13(14)18(20)21)15(19)17-11-6-8-12(9-7-11)25(16,22)23/h2-10H,1H3,(H,17,19)(H2,16,22,23)/t10-/m1/s1. The van der Waals surface area contributed by atoms with E-state index in [0.717, 1.165) is 0 Å². The fraction of sp³-hybridized carbons (Fsp3) is 0.133. The van der Waals surface area contributed by atoms with Crippen molar-refractivity contribution in [1.29, 1.82) is 0 Å². The van der Waals surface area contributed by atoms with E-state index < -0.39 is 27.0 Å². The Morgan fingerprint density at radius 3 is 2.36 bits per heavy atom. The van der Waals surface area contributed by atoms with Crippen LogP contribution in [0.4, 0.5) is 11.4 Å². The SMILES string of the molecule is C[C@@H](Oc1ccccc1[N+](=O)[O-])C(=O)Nc1ccc(S(N)(=O)=O)cc1. The third-order valence-corrected chi connectivity index (χ3v) is 4.11. The van der Waals surface area contributed by atoms with Crippen LogP contribution < -0.4 is 15.2 Å². The predicted molar refractivity (Wildman–Crippen MR) is 89.6 cm³/mol. The van der Waals surface area contributed by atoms with Crippen LogP contribution in [0.3, 0.4) is 0 Å². The van der Waals surface area contributed by atoms with Gasteiger partial charge in [-0.15, -0.1) is 0 Å². The van der Waals surface area contributed by atoms with Crippen molar-refractivity contribution in [2.45, 2.75) is 17.9 Å². The molecule has 10 heteroatoms. The van der Waals surface area contributed by atoms with Gasteiger partial charge in [-0.1, -0.05) is 12.1 Å². The molecule has 0 fully saturated rings. The third-order valence-electron chi connectivity index (χ3n) is 3.19. The van der Waals surface area contributed by atoms with Gasteiger partial charge in [-0.2, -0.15) is 0 Å². The smallest absolute Gasteiger partial charge is 0.310 e. The molecule has 25 heavy (non-hydrogen) atoms.